The van der Waals surface area contributed by atoms with Crippen LogP contribution in [0.5, 0.6) is 0 Å². The summed E-state index contributed by atoms with van der Waals surface area (Å²) >= 11 is 5.59. The van der Waals surface area contributed by atoms with Crippen molar-refractivity contribution in [1.82, 2.24) is 4.84 Å². The third-order valence-corrected chi connectivity index (χ3v) is 3.01. The minimum atomic E-state index is 0.173. The number of hydrogen-bond donors (Lipinski definition) is 1. The Labute approximate surface area is 101 Å². The minimum absolute atomic E-state index is 0.173. The molecule has 0 aliphatic rings. The molecule has 0 bridgehead atoms. The lowest BCUT2D eigenvalue weighted by molar-refractivity contribution is 0.745. The maximum absolute atomic E-state index is 5.59. The summed E-state index contributed by atoms with van der Waals surface area (Å²) in [5.74, 6) is 0. The minimum Gasteiger partial charge on any atom is -0.226 e. The van der Waals surface area contributed by atoms with Crippen molar-refractivity contribution in [3.8, 4) is 11.1 Å². The monoisotopic (exact) mass is 231 g/mol. The lowest BCUT2D eigenvalue weighted by atomic mass is 10.0. The molecule has 0 aliphatic heterocycles. The zero-order valence-electron chi connectivity index (χ0n) is 9.15. The van der Waals surface area contributed by atoms with Crippen LogP contribution in [-0.4, -0.2) is 0 Å². The average molecular weight is 232 g/mol. The van der Waals surface area contributed by atoms with Crippen LogP contribution >= 0.6 is 11.8 Å². The second-order valence-electron chi connectivity index (χ2n) is 3.82. The molecule has 0 saturated heterocycles. The lowest BCUT2D eigenvalue weighted by Gasteiger charge is -2.09. The highest BCUT2D eigenvalue weighted by Crippen LogP contribution is 2.21. The van der Waals surface area contributed by atoms with E-state index in [-0.39, 0.29) is 6.04 Å². The van der Waals surface area contributed by atoms with E-state index in [0.29, 0.717) is 0 Å². The summed E-state index contributed by atoms with van der Waals surface area (Å²) in [5.41, 5.74) is 3.65. The molecule has 2 rings (SSSR count). The smallest absolute Gasteiger partial charge is 0.0442 e. The highest BCUT2D eigenvalue weighted by molar-refractivity contribution is 6.13. The van der Waals surface area contributed by atoms with Crippen molar-refractivity contribution in [2.75, 3.05) is 0 Å². The zero-order chi connectivity index (χ0) is 11.4. The second-order valence-corrected chi connectivity index (χ2v) is 4.04. The third-order valence-electron chi connectivity index (χ3n) is 2.68. The first kappa shape index (κ1) is 11.2. The molecule has 2 heteroatoms. The molecule has 82 valence electrons. The molecule has 1 N–H and O–H groups in total. The molecular weight excluding hydrogens is 218 g/mol. The fourth-order valence-electron chi connectivity index (χ4n) is 1.66. The number of rotatable bonds is 3. The third kappa shape index (κ3) is 2.43. The first-order chi connectivity index (χ1) is 7.81. The lowest BCUT2D eigenvalue weighted by Crippen LogP contribution is -2.05. The number of nitrogens with one attached hydrogen (secondary N) is 1. The SMILES string of the molecule is C[C@@H](NCl)c1ccc(-c2ccccc2)cc1. The zero-order valence-corrected chi connectivity index (χ0v) is 9.91. The van der Waals surface area contributed by atoms with E-state index in [2.05, 4.69) is 41.2 Å². The van der Waals surface area contributed by atoms with E-state index in [4.69, 9.17) is 11.8 Å². The summed E-state index contributed by atoms with van der Waals surface area (Å²) in [6.07, 6.45) is 0. The molecule has 0 fully saturated rings. The molecule has 0 unspecified atom stereocenters. The second kappa shape index (κ2) is 5.15. The van der Waals surface area contributed by atoms with Crippen molar-refractivity contribution >= 4 is 11.8 Å². The average Bonchev–Trinajstić information content (AvgIpc) is 2.39. The number of benzene rings is 2. The van der Waals surface area contributed by atoms with Crippen LogP contribution in [0.4, 0.5) is 0 Å². The summed E-state index contributed by atoms with van der Waals surface area (Å²) in [5, 5.41) is 0. The van der Waals surface area contributed by atoms with Crippen molar-refractivity contribution in [1.29, 1.82) is 0 Å². The molecule has 1 atom stereocenters. The topological polar surface area (TPSA) is 12.0 Å². The Bertz CT molecular complexity index is 436. The molecule has 0 heterocycles. The molecule has 0 spiro atoms. The van der Waals surface area contributed by atoms with Crippen LogP contribution in [0.3, 0.4) is 0 Å². The molecule has 0 amide bonds. The fourth-order valence-corrected chi connectivity index (χ4v) is 1.78. The molecular formula is C14H14ClN. The van der Waals surface area contributed by atoms with Crippen molar-refractivity contribution in [2.45, 2.75) is 13.0 Å². The van der Waals surface area contributed by atoms with E-state index in [1.54, 1.807) is 0 Å². The Morgan fingerprint density at radius 1 is 0.875 bits per heavy atom. The van der Waals surface area contributed by atoms with Gasteiger partial charge in [-0.1, -0.05) is 54.6 Å². The Kier molecular flexibility index (Phi) is 3.60. The van der Waals surface area contributed by atoms with Gasteiger partial charge in [-0.05, 0) is 35.4 Å². The van der Waals surface area contributed by atoms with E-state index >= 15 is 0 Å². The molecule has 0 saturated carbocycles. The predicted molar refractivity (Wildman–Crippen MR) is 69.3 cm³/mol. The molecule has 0 aromatic heterocycles. The van der Waals surface area contributed by atoms with Gasteiger partial charge in [-0.2, -0.15) is 0 Å². The van der Waals surface area contributed by atoms with Crippen molar-refractivity contribution < 1.29 is 0 Å². The summed E-state index contributed by atoms with van der Waals surface area (Å²) in [4.78, 5) is 2.71. The molecule has 0 aliphatic carbocycles. The summed E-state index contributed by atoms with van der Waals surface area (Å²) in [7, 11) is 0. The van der Waals surface area contributed by atoms with Crippen molar-refractivity contribution in [2.24, 2.45) is 0 Å². The van der Waals surface area contributed by atoms with Gasteiger partial charge in [-0.25, -0.2) is 4.84 Å². The quantitative estimate of drug-likeness (QED) is 0.783. The van der Waals surface area contributed by atoms with E-state index in [0.717, 1.165) is 0 Å². The van der Waals surface area contributed by atoms with E-state index < -0.39 is 0 Å². The van der Waals surface area contributed by atoms with Crippen LogP contribution < -0.4 is 4.84 Å². The van der Waals surface area contributed by atoms with Gasteiger partial charge in [0.25, 0.3) is 0 Å². The van der Waals surface area contributed by atoms with Crippen molar-refractivity contribution in [3.05, 3.63) is 60.2 Å². The largest absolute Gasteiger partial charge is 0.226 e. The first-order valence-corrected chi connectivity index (χ1v) is 5.70. The summed E-state index contributed by atoms with van der Waals surface area (Å²) < 4.78 is 0. The Balaban J connectivity index is 2.26. The number of halogens is 1. The van der Waals surface area contributed by atoms with E-state index in [9.17, 15) is 0 Å². The Morgan fingerprint density at radius 3 is 2.00 bits per heavy atom. The molecule has 2 aromatic rings. The highest BCUT2D eigenvalue weighted by atomic mass is 35.5. The molecule has 16 heavy (non-hydrogen) atoms. The highest BCUT2D eigenvalue weighted by Gasteiger charge is 2.03. The van der Waals surface area contributed by atoms with Gasteiger partial charge in [0.1, 0.15) is 0 Å². The summed E-state index contributed by atoms with van der Waals surface area (Å²) in [6.45, 7) is 2.03. The van der Waals surface area contributed by atoms with Crippen LogP contribution in [0.25, 0.3) is 11.1 Å². The van der Waals surface area contributed by atoms with Crippen LogP contribution in [0.1, 0.15) is 18.5 Å². The molecule has 2 aromatic carbocycles. The van der Waals surface area contributed by atoms with E-state index in [1.807, 2.05) is 25.1 Å². The van der Waals surface area contributed by atoms with Gasteiger partial charge in [-0.15, -0.1) is 0 Å². The van der Waals surface area contributed by atoms with Crippen LogP contribution in [0.2, 0.25) is 0 Å². The Hall–Kier alpha value is -1.31. The van der Waals surface area contributed by atoms with Gasteiger partial charge in [0.05, 0.1) is 0 Å². The first-order valence-electron chi connectivity index (χ1n) is 5.33. The van der Waals surface area contributed by atoms with Gasteiger partial charge in [-0.3, -0.25) is 0 Å². The number of hydrogen-bond acceptors (Lipinski definition) is 1. The Morgan fingerprint density at radius 2 is 1.44 bits per heavy atom. The van der Waals surface area contributed by atoms with Crippen molar-refractivity contribution in [3.63, 3.8) is 0 Å². The van der Waals surface area contributed by atoms with Crippen LogP contribution in [-0.2, 0) is 0 Å². The maximum atomic E-state index is 5.59. The fraction of sp³-hybridized carbons (Fsp3) is 0.143. The van der Waals surface area contributed by atoms with Crippen LogP contribution in [0, 0.1) is 0 Å². The van der Waals surface area contributed by atoms with Gasteiger partial charge in [0, 0.05) is 6.04 Å². The summed E-state index contributed by atoms with van der Waals surface area (Å²) in [6, 6.07) is 19.0. The van der Waals surface area contributed by atoms with Gasteiger partial charge in [0.2, 0.25) is 0 Å². The molecule has 0 radical (unpaired) electrons. The van der Waals surface area contributed by atoms with E-state index in [1.165, 1.54) is 16.7 Å². The van der Waals surface area contributed by atoms with Crippen LogP contribution in [0.15, 0.2) is 54.6 Å². The van der Waals surface area contributed by atoms with Gasteiger partial charge >= 0.3 is 0 Å². The maximum Gasteiger partial charge on any atom is 0.0442 e. The standard InChI is InChI=1S/C14H14ClN/c1-11(16-15)12-7-9-14(10-8-12)13-5-3-2-4-6-13/h2-11,16H,1H3/t11-/m1/s1. The predicted octanol–water partition coefficient (Wildman–Crippen LogP) is 4.16. The normalized spacial score (nSPS) is 12.4. The van der Waals surface area contributed by atoms with Gasteiger partial charge in [0.15, 0.2) is 0 Å². The van der Waals surface area contributed by atoms with Gasteiger partial charge < -0.3 is 0 Å². The molecule has 1 nitrogen and oxygen atoms in total.